The van der Waals surface area contributed by atoms with E-state index >= 15 is 0 Å². The van der Waals surface area contributed by atoms with Crippen molar-refractivity contribution in [3.63, 3.8) is 0 Å². The molecule has 112 valence electrons. The van der Waals surface area contributed by atoms with Crippen LogP contribution in [0, 0.1) is 0 Å². The van der Waals surface area contributed by atoms with Crippen LogP contribution in [0.5, 0.6) is 0 Å². The summed E-state index contributed by atoms with van der Waals surface area (Å²) in [6.07, 6.45) is 7.00. The molecule has 20 heavy (non-hydrogen) atoms. The molecule has 2 N–H and O–H groups in total. The van der Waals surface area contributed by atoms with Gasteiger partial charge < -0.3 is 10.6 Å². The summed E-state index contributed by atoms with van der Waals surface area (Å²) in [5.41, 5.74) is 7.78. The molecule has 0 heterocycles. The highest BCUT2D eigenvalue weighted by Gasteiger charge is 2.39. The van der Waals surface area contributed by atoms with E-state index in [2.05, 4.69) is 19.0 Å². The molecule has 0 bridgehead atoms. The maximum absolute atomic E-state index is 6.59. The van der Waals surface area contributed by atoms with Crippen molar-refractivity contribution >= 4 is 23.2 Å². The van der Waals surface area contributed by atoms with Crippen molar-refractivity contribution in [3.05, 3.63) is 33.8 Å². The summed E-state index contributed by atoms with van der Waals surface area (Å²) in [5, 5.41) is 1.39. The zero-order chi connectivity index (χ0) is 14.8. The van der Waals surface area contributed by atoms with Crippen LogP contribution in [0.3, 0.4) is 0 Å². The van der Waals surface area contributed by atoms with Crippen molar-refractivity contribution in [2.45, 2.75) is 50.1 Å². The Balaban J connectivity index is 2.18. The Morgan fingerprint density at radius 3 is 2.40 bits per heavy atom. The van der Waals surface area contributed by atoms with Gasteiger partial charge in [0.05, 0.1) is 0 Å². The number of hydrogen-bond donors (Lipinski definition) is 1. The van der Waals surface area contributed by atoms with Crippen molar-refractivity contribution in [1.29, 1.82) is 0 Å². The molecule has 1 unspecified atom stereocenters. The Morgan fingerprint density at radius 1 is 1.20 bits per heavy atom. The van der Waals surface area contributed by atoms with Gasteiger partial charge in [0.25, 0.3) is 0 Å². The molecule has 1 aromatic carbocycles. The Kier molecular flexibility index (Phi) is 5.36. The van der Waals surface area contributed by atoms with Crippen LogP contribution >= 0.6 is 23.2 Å². The maximum atomic E-state index is 6.59. The van der Waals surface area contributed by atoms with Crippen molar-refractivity contribution in [2.24, 2.45) is 5.73 Å². The molecular formula is C16H24Cl2N2. The minimum absolute atomic E-state index is 0.0940. The predicted octanol–water partition coefficient (Wildman–Crippen LogP) is 4.13. The number of nitrogens with zero attached hydrogens (tertiary/aromatic N) is 1. The molecule has 1 atom stereocenters. The van der Waals surface area contributed by atoms with Crippen LogP contribution in [-0.4, -0.2) is 30.6 Å². The molecule has 1 fully saturated rings. The number of benzene rings is 1. The van der Waals surface area contributed by atoms with E-state index in [4.69, 9.17) is 28.9 Å². The average molecular weight is 315 g/mol. The minimum atomic E-state index is 0.0940. The Labute approximate surface area is 132 Å². The van der Waals surface area contributed by atoms with Crippen LogP contribution in [0.2, 0.25) is 10.0 Å². The van der Waals surface area contributed by atoms with Gasteiger partial charge in [0.2, 0.25) is 0 Å². The van der Waals surface area contributed by atoms with Gasteiger partial charge in [-0.2, -0.15) is 0 Å². The normalized spacial score (nSPS) is 20.1. The molecule has 4 heteroatoms. The number of halogens is 2. The molecule has 1 aliphatic carbocycles. The molecule has 0 saturated heterocycles. The highest BCUT2D eigenvalue weighted by Crippen LogP contribution is 2.36. The quantitative estimate of drug-likeness (QED) is 0.905. The Morgan fingerprint density at radius 2 is 1.85 bits per heavy atom. The molecule has 0 amide bonds. The Hall–Kier alpha value is -0.280. The maximum Gasteiger partial charge on any atom is 0.0453 e. The first kappa shape index (κ1) is 16.1. The molecule has 0 radical (unpaired) electrons. The van der Waals surface area contributed by atoms with Gasteiger partial charge in [-0.05, 0) is 51.1 Å². The van der Waals surface area contributed by atoms with E-state index in [1.54, 1.807) is 6.07 Å². The lowest BCUT2D eigenvalue weighted by atomic mass is 9.74. The van der Waals surface area contributed by atoms with Crippen LogP contribution in [0.4, 0.5) is 0 Å². The summed E-state index contributed by atoms with van der Waals surface area (Å²) in [5.74, 6) is 0. The van der Waals surface area contributed by atoms with Crippen LogP contribution in [0.25, 0.3) is 0 Å². The third-order valence-electron chi connectivity index (χ3n) is 4.76. The summed E-state index contributed by atoms with van der Waals surface area (Å²) >= 11 is 12.2. The second kappa shape index (κ2) is 6.65. The van der Waals surface area contributed by atoms with Gasteiger partial charge >= 0.3 is 0 Å². The molecule has 1 saturated carbocycles. The number of rotatable bonds is 4. The third-order valence-corrected chi connectivity index (χ3v) is 5.34. The minimum Gasteiger partial charge on any atom is -0.326 e. The standard InChI is InChI=1S/C16H24Cl2N2/c1-20(2)16(8-4-3-5-9-16)15(19)10-12-6-7-13(17)11-14(12)18/h6-7,11,15H,3-5,8-10,19H2,1-2H3. The fourth-order valence-corrected chi connectivity index (χ4v) is 3.91. The number of hydrogen-bond acceptors (Lipinski definition) is 2. The summed E-state index contributed by atoms with van der Waals surface area (Å²) in [7, 11) is 4.29. The van der Waals surface area contributed by atoms with E-state index < -0.39 is 0 Å². The Bertz CT molecular complexity index is 454. The van der Waals surface area contributed by atoms with Gasteiger partial charge in [-0.15, -0.1) is 0 Å². The first-order chi connectivity index (χ1) is 9.45. The average Bonchev–Trinajstić information content (AvgIpc) is 2.42. The lowest BCUT2D eigenvalue weighted by Gasteiger charge is -2.47. The highest BCUT2D eigenvalue weighted by molar-refractivity contribution is 6.35. The SMILES string of the molecule is CN(C)C1(C(N)Cc2ccc(Cl)cc2Cl)CCCCC1. The molecule has 0 aromatic heterocycles. The number of nitrogens with two attached hydrogens (primary N) is 1. The van der Waals surface area contributed by atoms with Gasteiger partial charge in [-0.3, -0.25) is 0 Å². The molecule has 2 nitrogen and oxygen atoms in total. The van der Waals surface area contributed by atoms with Crippen molar-refractivity contribution in [2.75, 3.05) is 14.1 Å². The van der Waals surface area contributed by atoms with E-state index in [1.807, 2.05) is 12.1 Å². The second-order valence-corrected chi connectivity index (χ2v) is 6.95. The van der Waals surface area contributed by atoms with Gasteiger partial charge in [0.15, 0.2) is 0 Å². The fraction of sp³-hybridized carbons (Fsp3) is 0.625. The fourth-order valence-electron chi connectivity index (χ4n) is 3.43. The lowest BCUT2D eigenvalue weighted by Crippen LogP contribution is -2.59. The smallest absolute Gasteiger partial charge is 0.0453 e. The molecule has 1 aromatic rings. The summed E-state index contributed by atoms with van der Waals surface area (Å²) in [6.45, 7) is 0. The molecule has 2 rings (SSSR count). The first-order valence-electron chi connectivity index (χ1n) is 7.32. The summed E-state index contributed by atoms with van der Waals surface area (Å²) < 4.78 is 0. The molecule has 0 spiro atoms. The topological polar surface area (TPSA) is 29.3 Å². The highest BCUT2D eigenvalue weighted by atomic mass is 35.5. The molecular weight excluding hydrogens is 291 g/mol. The third kappa shape index (κ3) is 3.30. The monoisotopic (exact) mass is 314 g/mol. The van der Waals surface area contributed by atoms with Gasteiger partial charge in [-0.1, -0.05) is 48.5 Å². The van der Waals surface area contributed by atoms with Crippen molar-refractivity contribution in [1.82, 2.24) is 4.90 Å². The van der Waals surface area contributed by atoms with Gasteiger partial charge in [0, 0.05) is 21.6 Å². The van der Waals surface area contributed by atoms with E-state index in [9.17, 15) is 0 Å². The predicted molar refractivity (Wildman–Crippen MR) is 87.6 cm³/mol. The molecule has 0 aliphatic heterocycles. The second-order valence-electron chi connectivity index (χ2n) is 6.11. The zero-order valence-corrected chi connectivity index (χ0v) is 13.8. The van der Waals surface area contributed by atoms with Crippen LogP contribution in [-0.2, 0) is 6.42 Å². The van der Waals surface area contributed by atoms with E-state index in [-0.39, 0.29) is 11.6 Å². The molecule has 1 aliphatic rings. The van der Waals surface area contributed by atoms with Crippen LogP contribution < -0.4 is 5.73 Å². The van der Waals surface area contributed by atoms with E-state index in [0.29, 0.717) is 5.02 Å². The van der Waals surface area contributed by atoms with Gasteiger partial charge in [-0.25, -0.2) is 0 Å². The van der Waals surface area contributed by atoms with Gasteiger partial charge in [0.1, 0.15) is 0 Å². The van der Waals surface area contributed by atoms with Crippen molar-refractivity contribution in [3.8, 4) is 0 Å². The largest absolute Gasteiger partial charge is 0.326 e. The zero-order valence-electron chi connectivity index (χ0n) is 12.3. The first-order valence-corrected chi connectivity index (χ1v) is 8.08. The summed E-state index contributed by atoms with van der Waals surface area (Å²) in [6, 6.07) is 5.78. The van der Waals surface area contributed by atoms with E-state index in [0.717, 1.165) is 17.0 Å². The lowest BCUT2D eigenvalue weighted by molar-refractivity contribution is 0.0716. The van der Waals surface area contributed by atoms with Crippen molar-refractivity contribution < 1.29 is 0 Å². The van der Waals surface area contributed by atoms with Crippen LogP contribution in [0.1, 0.15) is 37.7 Å². The number of likely N-dealkylation sites (N-methyl/N-ethyl adjacent to an activating group) is 1. The summed E-state index contributed by atoms with van der Waals surface area (Å²) in [4.78, 5) is 2.32. The van der Waals surface area contributed by atoms with E-state index in [1.165, 1.54) is 32.1 Å². The van der Waals surface area contributed by atoms with Crippen LogP contribution in [0.15, 0.2) is 18.2 Å².